The molecule has 0 radical (unpaired) electrons. The van der Waals surface area contributed by atoms with Crippen LogP contribution in [0.15, 0.2) is 12.2 Å². The highest BCUT2D eigenvalue weighted by atomic mass is 16.9. The normalized spacial score (nSPS) is 24.1. The fourth-order valence-electron chi connectivity index (χ4n) is 1.37. The highest BCUT2D eigenvalue weighted by Crippen LogP contribution is 2.23. The molecule has 0 bridgehead atoms. The minimum absolute atomic E-state index is 0.610. The van der Waals surface area contributed by atoms with Gasteiger partial charge in [0.2, 0.25) is 0 Å². The Kier molecular flexibility index (Phi) is 5.16. The molecule has 0 aliphatic carbocycles. The van der Waals surface area contributed by atoms with Gasteiger partial charge in [0.1, 0.15) is 18.3 Å². The van der Waals surface area contributed by atoms with Crippen LogP contribution in [0.1, 0.15) is 0 Å². The zero-order valence-electron chi connectivity index (χ0n) is 9.99. The number of cyclic esters (lactones) is 2. The van der Waals surface area contributed by atoms with Crippen molar-refractivity contribution in [2.75, 3.05) is 6.61 Å². The molecular formula is C10H14O10. The Hall–Kier alpha value is -1.56. The highest BCUT2D eigenvalue weighted by Gasteiger charge is 2.51. The number of hydrogen-bond donors (Lipinski definition) is 6. The van der Waals surface area contributed by atoms with E-state index in [2.05, 4.69) is 9.47 Å². The molecule has 114 valence electrons. The van der Waals surface area contributed by atoms with Gasteiger partial charge in [-0.2, -0.15) is 0 Å². The quantitative estimate of drug-likeness (QED) is 0.272. The summed E-state index contributed by atoms with van der Waals surface area (Å²) < 4.78 is 8.47. The summed E-state index contributed by atoms with van der Waals surface area (Å²) in [5.41, 5.74) is 0. The van der Waals surface area contributed by atoms with Crippen LogP contribution in [-0.2, 0) is 19.1 Å². The van der Waals surface area contributed by atoms with Gasteiger partial charge in [-0.15, -0.1) is 0 Å². The first-order valence-corrected chi connectivity index (χ1v) is 5.40. The lowest BCUT2D eigenvalue weighted by Crippen LogP contribution is -2.59. The van der Waals surface area contributed by atoms with Crippen LogP contribution in [0, 0.1) is 0 Å². The predicted molar refractivity (Wildman–Crippen MR) is 57.4 cm³/mol. The van der Waals surface area contributed by atoms with E-state index >= 15 is 0 Å². The SMILES string of the molecule is O=C1C=CC(=O)OC(O)([C@H](O)[C@H](O)[C@H](O)[C@H](O)CO)O1. The smallest absolute Gasteiger partial charge is 0.394 e. The van der Waals surface area contributed by atoms with E-state index in [9.17, 15) is 30.0 Å². The molecule has 4 atom stereocenters. The molecule has 0 saturated carbocycles. The first-order valence-electron chi connectivity index (χ1n) is 5.40. The third-order valence-electron chi connectivity index (χ3n) is 2.48. The molecule has 1 heterocycles. The number of carbonyl (C=O) groups is 2. The second-order valence-electron chi connectivity index (χ2n) is 3.98. The van der Waals surface area contributed by atoms with Crippen molar-refractivity contribution in [3.63, 3.8) is 0 Å². The van der Waals surface area contributed by atoms with Gasteiger partial charge in [-0.25, -0.2) is 9.59 Å². The van der Waals surface area contributed by atoms with Crippen molar-refractivity contribution in [2.45, 2.75) is 30.4 Å². The molecule has 10 heteroatoms. The summed E-state index contributed by atoms with van der Waals surface area (Å²) >= 11 is 0. The summed E-state index contributed by atoms with van der Waals surface area (Å²) in [5.74, 6) is -5.75. The second kappa shape index (κ2) is 6.26. The van der Waals surface area contributed by atoms with Crippen molar-refractivity contribution in [3.05, 3.63) is 12.2 Å². The Balaban J connectivity index is 2.90. The number of aliphatic hydroxyl groups is 6. The van der Waals surface area contributed by atoms with Gasteiger partial charge >= 0.3 is 17.9 Å². The average Bonchev–Trinajstić information content (AvgIpc) is 2.54. The van der Waals surface area contributed by atoms with E-state index in [1.807, 2.05) is 0 Å². The molecule has 0 aromatic carbocycles. The number of aliphatic hydroxyl groups excluding tert-OH is 5. The lowest BCUT2D eigenvalue weighted by atomic mass is 10.0. The maximum Gasteiger partial charge on any atom is 0.404 e. The van der Waals surface area contributed by atoms with Crippen LogP contribution in [0.5, 0.6) is 0 Å². The van der Waals surface area contributed by atoms with Gasteiger partial charge in [0, 0.05) is 12.2 Å². The van der Waals surface area contributed by atoms with Gasteiger partial charge in [-0.3, -0.25) is 0 Å². The van der Waals surface area contributed by atoms with Crippen molar-refractivity contribution in [1.29, 1.82) is 0 Å². The van der Waals surface area contributed by atoms with E-state index in [4.69, 9.17) is 10.2 Å². The van der Waals surface area contributed by atoms with E-state index in [1.54, 1.807) is 0 Å². The number of esters is 2. The maximum absolute atomic E-state index is 11.1. The minimum Gasteiger partial charge on any atom is -0.394 e. The standard InChI is InChI=1S/C10H14O10/c11-3-4(12)7(15)8(16)9(17)10(18)19-5(13)1-2-6(14)20-10/h1-2,4,7-9,11-12,15-18H,3H2/t4-,7-,8-,9-/m1/s1. The molecule has 1 aliphatic rings. The van der Waals surface area contributed by atoms with Crippen LogP contribution in [-0.4, -0.2) is 79.6 Å². The van der Waals surface area contributed by atoms with Crippen LogP contribution in [0.25, 0.3) is 0 Å². The zero-order valence-corrected chi connectivity index (χ0v) is 9.99. The Labute approximate surface area is 112 Å². The average molecular weight is 294 g/mol. The molecule has 10 nitrogen and oxygen atoms in total. The largest absolute Gasteiger partial charge is 0.404 e. The molecular weight excluding hydrogens is 280 g/mol. The zero-order chi connectivity index (χ0) is 15.5. The first kappa shape index (κ1) is 16.5. The van der Waals surface area contributed by atoms with Gasteiger partial charge < -0.3 is 40.1 Å². The van der Waals surface area contributed by atoms with Crippen molar-refractivity contribution in [2.24, 2.45) is 0 Å². The van der Waals surface area contributed by atoms with E-state index in [0.29, 0.717) is 12.2 Å². The van der Waals surface area contributed by atoms with E-state index in [0.717, 1.165) is 0 Å². The summed E-state index contributed by atoms with van der Waals surface area (Å²) in [6.07, 6.45) is -7.52. The lowest BCUT2D eigenvalue weighted by molar-refractivity contribution is -0.371. The minimum atomic E-state index is -3.26. The molecule has 0 fully saturated rings. The topological polar surface area (TPSA) is 174 Å². The van der Waals surface area contributed by atoms with Crippen molar-refractivity contribution >= 4 is 11.9 Å². The van der Waals surface area contributed by atoms with Gasteiger partial charge in [0.25, 0.3) is 0 Å². The molecule has 0 aromatic rings. The van der Waals surface area contributed by atoms with Gasteiger partial charge in [0.05, 0.1) is 6.61 Å². The van der Waals surface area contributed by atoms with Crippen LogP contribution >= 0.6 is 0 Å². The van der Waals surface area contributed by atoms with Crippen LogP contribution < -0.4 is 0 Å². The third-order valence-corrected chi connectivity index (χ3v) is 2.48. The number of carbonyl (C=O) groups excluding carboxylic acids is 2. The Morgan fingerprint density at radius 1 is 1.00 bits per heavy atom. The highest BCUT2D eigenvalue weighted by molar-refractivity contribution is 5.93. The molecule has 0 amide bonds. The van der Waals surface area contributed by atoms with Gasteiger partial charge in [-0.05, 0) is 0 Å². The van der Waals surface area contributed by atoms with Crippen LogP contribution in [0.2, 0.25) is 0 Å². The molecule has 6 N–H and O–H groups in total. The third kappa shape index (κ3) is 3.50. The molecule has 0 spiro atoms. The number of hydrogen-bond acceptors (Lipinski definition) is 10. The number of rotatable bonds is 5. The second-order valence-corrected chi connectivity index (χ2v) is 3.98. The Morgan fingerprint density at radius 2 is 1.45 bits per heavy atom. The van der Waals surface area contributed by atoms with E-state index in [-0.39, 0.29) is 0 Å². The summed E-state index contributed by atoms with van der Waals surface area (Å²) in [4.78, 5) is 22.2. The molecule has 0 unspecified atom stereocenters. The van der Waals surface area contributed by atoms with Gasteiger partial charge in [0.15, 0.2) is 6.10 Å². The first-order chi connectivity index (χ1) is 9.21. The summed E-state index contributed by atoms with van der Waals surface area (Å²) in [6, 6.07) is 0. The van der Waals surface area contributed by atoms with Gasteiger partial charge in [-0.1, -0.05) is 0 Å². The monoisotopic (exact) mass is 294 g/mol. The van der Waals surface area contributed by atoms with Crippen molar-refractivity contribution < 1.29 is 49.7 Å². The molecule has 0 saturated heterocycles. The number of ether oxygens (including phenoxy) is 2. The fourth-order valence-corrected chi connectivity index (χ4v) is 1.37. The van der Waals surface area contributed by atoms with Crippen molar-refractivity contribution in [3.8, 4) is 0 Å². The molecule has 1 rings (SSSR count). The summed E-state index contributed by atoms with van der Waals surface area (Å²) in [6.45, 7) is -0.954. The lowest BCUT2D eigenvalue weighted by Gasteiger charge is -2.34. The Morgan fingerprint density at radius 3 is 1.85 bits per heavy atom. The molecule has 0 aromatic heterocycles. The molecule has 1 aliphatic heterocycles. The summed E-state index contributed by atoms with van der Waals surface area (Å²) in [5, 5.41) is 56.0. The molecule has 20 heavy (non-hydrogen) atoms. The summed E-state index contributed by atoms with van der Waals surface area (Å²) in [7, 11) is 0. The van der Waals surface area contributed by atoms with Crippen molar-refractivity contribution in [1.82, 2.24) is 0 Å². The van der Waals surface area contributed by atoms with Crippen LogP contribution in [0.4, 0.5) is 0 Å². The predicted octanol–water partition coefficient (Wildman–Crippen LogP) is -4.28. The maximum atomic E-state index is 11.1. The Bertz CT molecular complexity index is 385. The van der Waals surface area contributed by atoms with Crippen LogP contribution in [0.3, 0.4) is 0 Å². The van der Waals surface area contributed by atoms with E-state index in [1.165, 1.54) is 0 Å². The fraction of sp³-hybridized carbons (Fsp3) is 0.600. The van der Waals surface area contributed by atoms with E-state index < -0.39 is 48.9 Å².